The number of aromatic nitrogens is 2. The summed E-state index contributed by atoms with van der Waals surface area (Å²) in [6, 6.07) is 8.29. The van der Waals surface area contributed by atoms with Gasteiger partial charge < -0.3 is 0 Å². The van der Waals surface area contributed by atoms with Crippen molar-refractivity contribution in [3.8, 4) is 11.3 Å². The molecule has 2 nitrogen and oxygen atoms in total. The highest BCUT2D eigenvalue weighted by Gasteiger charge is 2.06. The van der Waals surface area contributed by atoms with Crippen LogP contribution in [0, 0.1) is 20.8 Å². The lowest BCUT2D eigenvalue weighted by atomic mass is 10.0. The number of nitrogens with zero attached hydrogens (tertiary/aromatic N) is 2. The van der Waals surface area contributed by atoms with Crippen molar-refractivity contribution < 1.29 is 0 Å². The van der Waals surface area contributed by atoms with E-state index in [0.717, 1.165) is 17.1 Å². The highest BCUT2D eigenvalue weighted by Crippen LogP contribution is 2.23. The number of aryl methyl sites for hydroxylation is 3. The molecule has 2 heteroatoms. The van der Waals surface area contributed by atoms with Crippen LogP contribution in [0.3, 0.4) is 0 Å². The monoisotopic (exact) mass is 198 g/mol. The summed E-state index contributed by atoms with van der Waals surface area (Å²) < 4.78 is 0. The first-order valence-corrected chi connectivity index (χ1v) is 5.05. The summed E-state index contributed by atoms with van der Waals surface area (Å²) in [6.07, 6.45) is 1.88. The van der Waals surface area contributed by atoms with Crippen LogP contribution in [0.2, 0.25) is 0 Å². The summed E-state index contributed by atoms with van der Waals surface area (Å²) in [4.78, 5) is 8.68. The molecule has 0 aliphatic heterocycles. The van der Waals surface area contributed by atoms with Gasteiger partial charge in [-0.1, -0.05) is 24.3 Å². The molecule has 0 fully saturated rings. The third kappa shape index (κ3) is 1.89. The molecule has 0 bridgehead atoms. The molecule has 0 aliphatic rings. The molecule has 0 atom stereocenters. The Kier molecular flexibility index (Phi) is 2.50. The summed E-state index contributed by atoms with van der Waals surface area (Å²) in [5.74, 6) is 0.818. The van der Waals surface area contributed by atoms with E-state index in [4.69, 9.17) is 0 Å². The summed E-state index contributed by atoms with van der Waals surface area (Å²) in [5.41, 5.74) is 4.61. The quantitative estimate of drug-likeness (QED) is 0.703. The standard InChI is InChI=1S/C13H14N2/c1-9-6-4-5-7-12(9)13-10(2)8-14-11(3)15-13/h4-8H,1-3H3. The van der Waals surface area contributed by atoms with Crippen LogP contribution in [0.25, 0.3) is 11.3 Å². The van der Waals surface area contributed by atoms with Crippen LogP contribution < -0.4 is 0 Å². The Labute approximate surface area is 90.0 Å². The van der Waals surface area contributed by atoms with Crippen molar-refractivity contribution in [3.05, 3.63) is 47.4 Å². The van der Waals surface area contributed by atoms with E-state index >= 15 is 0 Å². The fraction of sp³-hybridized carbons (Fsp3) is 0.231. The predicted octanol–water partition coefficient (Wildman–Crippen LogP) is 3.07. The van der Waals surface area contributed by atoms with Crippen molar-refractivity contribution in [3.63, 3.8) is 0 Å². The van der Waals surface area contributed by atoms with Gasteiger partial charge in [0.2, 0.25) is 0 Å². The second kappa shape index (κ2) is 3.81. The Morgan fingerprint density at radius 3 is 2.40 bits per heavy atom. The van der Waals surface area contributed by atoms with Gasteiger partial charge in [0.05, 0.1) is 5.69 Å². The topological polar surface area (TPSA) is 25.8 Å². The van der Waals surface area contributed by atoms with Gasteiger partial charge in [0.1, 0.15) is 5.82 Å². The number of benzene rings is 1. The minimum Gasteiger partial charge on any atom is -0.241 e. The third-order valence-electron chi connectivity index (χ3n) is 2.49. The van der Waals surface area contributed by atoms with E-state index < -0.39 is 0 Å². The summed E-state index contributed by atoms with van der Waals surface area (Å²) in [6.45, 7) is 6.06. The lowest BCUT2D eigenvalue weighted by Crippen LogP contribution is -1.95. The van der Waals surface area contributed by atoms with E-state index in [2.05, 4.69) is 29.0 Å². The molecule has 0 amide bonds. The van der Waals surface area contributed by atoms with E-state index in [1.54, 1.807) is 0 Å². The van der Waals surface area contributed by atoms with E-state index in [-0.39, 0.29) is 0 Å². The summed E-state index contributed by atoms with van der Waals surface area (Å²) in [7, 11) is 0. The molecule has 2 aromatic rings. The average Bonchev–Trinajstić information content (AvgIpc) is 2.23. The van der Waals surface area contributed by atoms with Crippen molar-refractivity contribution in [2.24, 2.45) is 0 Å². The van der Waals surface area contributed by atoms with Crippen LogP contribution in [-0.2, 0) is 0 Å². The van der Waals surface area contributed by atoms with Gasteiger partial charge in [-0.15, -0.1) is 0 Å². The molecule has 1 aromatic carbocycles. The Morgan fingerprint density at radius 1 is 0.933 bits per heavy atom. The van der Waals surface area contributed by atoms with Crippen molar-refractivity contribution >= 4 is 0 Å². The summed E-state index contributed by atoms with van der Waals surface area (Å²) in [5, 5.41) is 0. The fourth-order valence-electron chi connectivity index (χ4n) is 1.64. The Bertz CT molecular complexity index is 490. The molecule has 1 aromatic heterocycles. The van der Waals surface area contributed by atoms with E-state index in [0.29, 0.717) is 0 Å². The second-order valence-corrected chi connectivity index (χ2v) is 3.76. The molecule has 0 spiro atoms. The van der Waals surface area contributed by atoms with Gasteiger partial charge in [0.25, 0.3) is 0 Å². The molecule has 76 valence electrons. The molecule has 1 heterocycles. The van der Waals surface area contributed by atoms with Crippen LogP contribution in [0.5, 0.6) is 0 Å². The molecular weight excluding hydrogens is 184 g/mol. The second-order valence-electron chi connectivity index (χ2n) is 3.76. The maximum atomic E-state index is 4.49. The van der Waals surface area contributed by atoms with Crippen LogP contribution >= 0.6 is 0 Å². The van der Waals surface area contributed by atoms with E-state index in [9.17, 15) is 0 Å². The number of hydrogen-bond acceptors (Lipinski definition) is 2. The maximum absolute atomic E-state index is 4.49. The minimum absolute atomic E-state index is 0.818. The Hall–Kier alpha value is -1.70. The fourth-order valence-corrected chi connectivity index (χ4v) is 1.64. The molecule has 0 unspecified atom stereocenters. The van der Waals surface area contributed by atoms with Gasteiger partial charge in [-0.2, -0.15) is 0 Å². The zero-order valence-electron chi connectivity index (χ0n) is 9.28. The maximum Gasteiger partial charge on any atom is 0.125 e. The van der Waals surface area contributed by atoms with Gasteiger partial charge in [-0.25, -0.2) is 9.97 Å². The van der Waals surface area contributed by atoms with Gasteiger partial charge in [0.15, 0.2) is 0 Å². The first-order chi connectivity index (χ1) is 7.18. The van der Waals surface area contributed by atoms with Crippen molar-refractivity contribution in [1.82, 2.24) is 9.97 Å². The molecule has 0 aliphatic carbocycles. The van der Waals surface area contributed by atoms with E-state index in [1.165, 1.54) is 11.1 Å². The average molecular weight is 198 g/mol. The van der Waals surface area contributed by atoms with Crippen molar-refractivity contribution in [2.45, 2.75) is 20.8 Å². The molecule has 15 heavy (non-hydrogen) atoms. The zero-order chi connectivity index (χ0) is 10.8. The van der Waals surface area contributed by atoms with Crippen LogP contribution in [-0.4, -0.2) is 9.97 Å². The lowest BCUT2D eigenvalue weighted by molar-refractivity contribution is 1.04. The van der Waals surface area contributed by atoms with Crippen molar-refractivity contribution in [2.75, 3.05) is 0 Å². The normalized spacial score (nSPS) is 10.3. The molecule has 0 N–H and O–H groups in total. The summed E-state index contributed by atoms with van der Waals surface area (Å²) >= 11 is 0. The van der Waals surface area contributed by atoms with Crippen molar-refractivity contribution in [1.29, 1.82) is 0 Å². The molecule has 0 saturated carbocycles. The van der Waals surface area contributed by atoms with Crippen LogP contribution in [0.4, 0.5) is 0 Å². The van der Waals surface area contributed by atoms with Crippen LogP contribution in [0.15, 0.2) is 30.5 Å². The smallest absolute Gasteiger partial charge is 0.125 e. The molecular formula is C13H14N2. The largest absolute Gasteiger partial charge is 0.241 e. The number of hydrogen-bond donors (Lipinski definition) is 0. The first kappa shape index (κ1) is 9.84. The third-order valence-corrected chi connectivity index (χ3v) is 2.49. The van der Waals surface area contributed by atoms with Crippen LogP contribution in [0.1, 0.15) is 17.0 Å². The van der Waals surface area contributed by atoms with Gasteiger partial charge in [-0.05, 0) is 31.9 Å². The molecule has 2 rings (SSSR count). The minimum atomic E-state index is 0.818. The Morgan fingerprint density at radius 2 is 1.67 bits per heavy atom. The first-order valence-electron chi connectivity index (χ1n) is 5.05. The number of rotatable bonds is 1. The van der Waals surface area contributed by atoms with E-state index in [1.807, 2.05) is 32.2 Å². The zero-order valence-corrected chi connectivity index (χ0v) is 9.28. The molecule has 0 radical (unpaired) electrons. The van der Waals surface area contributed by atoms with Gasteiger partial charge in [0, 0.05) is 11.8 Å². The lowest BCUT2D eigenvalue weighted by Gasteiger charge is -2.08. The van der Waals surface area contributed by atoms with Gasteiger partial charge in [-0.3, -0.25) is 0 Å². The SMILES string of the molecule is Cc1ncc(C)c(-c2ccccc2C)n1. The predicted molar refractivity (Wildman–Crippen MR) is 61.7 cm³/mol. The highest BCUT2D eigenvalue weighted by atomic mass is 14.9. The Balaban J connectivity index is 2.64. The van der Waals surface area contributed by atoms with Gasteiger partial charge >= 0.3 is 0 Å². The highest BCUT2D eigenvalue weighted by molar-refractivity contribution is 5.65. The molecule has 0 saturated heterocycles.